The first-order chi connectivity index (χ1) is 6.11. The van der Waals surface area contributed by atoms with E-state index in [0.29, 0.717) is 6.54 Å². The van der Waals surface area contributed by atoms with E-state index in [-0.39, 0.29) is 11.9 Å². The molecule has 3 N–H and O–H groups in total. The van der Waals surface area contributed by atoms with Crippen LogP contribution in [0.2, 0.25) is 0 Å². The average Bonchev–Trinajstić information content (AvgIpc) is 2.47. The summed E-state index contributed by atoms with van der Waals surface area (Å²) in [6.45, 7) is 4.54. The Morgan fingerprint density at radius 2 is 2.46 bits per heavy atom. The van der Waals surface area contributed by atoms with Gasteiger partial charge in [-0.25, -0.2) is 0 Å². The molecule has 0 saturated heterocycles. The highest BCUT2D eigenvalue weighted by molar-refractivity contribution is 7.10. The summed E-state index contributed by atoms with van der Waals surface area (Å²) in [6.07, 6.45) is 0. The third kappa shape index (κ3) is 2.82. The maximum absolute atomic E-state index is 10.7. The first kappa shape index (κ1) is 10.2. The number of hydrogen-bond acceptors (Lipinski definition) is 3. The zero-order valence-electron chi connectivity index (χ0n) is 7.83. The van der Waals surface area contributed by atoms with Crippen molar-refractivity contribution in [3.8, 4) is 0 Å². The Morgan fingerprint density at radius 1 is 1.77 bits per heavy atom. The molecule has 0 bridgehead atoms. The minimum Gasteiger partial charge on any atom is -0.368 e. The fourth-order valence-electron chi connectivity index (χ4n) is 0.932. The van der Waals surface area contributed by atoms with Gasteiger partial charge < -0.3 is 11.1 Å². The molecule has 72 valence electrons. The molecule has 1 heterocycles. The molecule has 13 heavy (non-hydrogen) atoms. The molecule has 0 saturated carbocycles. The first-order valence-corrected chi connectivity index (χ1v) is 5.05. The molecule has 0 radical (unpaired) electrons. The van der Waals surface area contributed by atoms with Crippen LogP contribution in [-0.2, 0) is 11.3 Å². The van der Waals surface area contributed by atoms with Crippen LogP contribution in [0.4, 0.5) is 0 Å². The van der Waals surface area contributed by atoms with E-state index in [4.69, 9.17) is 5.73 Å². The number of aryl methyl sites for hydroxylation is 1. The summed E-state index contributed by atoms with van der Waals surface area (Å²) >= 11 is 1.69. The minimum absolute atomic E-state index is 0.263. The highest BCUT2D eigenvalue weighted by atomic mass is 32.1. The zero-order valence-corrected chi connectivity index (χ0v) is 8.65. The first-order valence-electron chi connectivity index (χ1n) is 4.17. The topological polar surface area (TPSA) is 55.1 Å². The van der Waals surface area contributed by atoms with Gasteiger partial charge >= 0.3 is 0 Å². The van der Waals surface area contributed by atoms with Gasteiger partial charge in [0, 0.05) is 11.4 Å². The fourth-order valence-corrected chi connectivity index (χ4v) is 1.79. The highest BCUT2D eigenvalue weighted by Gasteiger charge is 2.08. The van der Waals surface area contributed by atoms with Crippen LogP contribution in [0, 0.1) is 6.92 Å². The summed E-state index contributed by atoms with van der Waals surface area (Å²) in [5.41, 5.74) is 6.37. The average molecular weight is 198 g/mol. The van der Waals surface area contributed by atoms with E-state index >= 15 is 0 Å². The molecule has 1 aromatic heterocycles. The van der Waals surface area contributed by atoms with Crippen LogP contribution in [0.15, 0.2) is 11.4 Å². The molecule has 0 aliphatic heterocycles. The predicted octanol–water partition coefficient (Wildman–Crippen LogP) is 1.02. The van der Waals surface area contributed by atoms with Crippen LogP contribution < -0.4 is 11.1 Å². The number of nitrogens with one attached hydrogen (secondary N) is 1. The van der Waals surface area contributed by atoms with Gasteiger partial charge in [0.15, 0.2) is 0 Å². The van der Waals surface area contributed by atoms with E-state index in [0.717, 1.165) is 0 Å². The molecule has 1 unspecified atom stereocenters. The molecular weight excluding hydrogens is 184 g/mol. The SMILES string of the molecule is Cc1ccsc1CNC(C)C(N)=O. The minimum atomic E-state index is -0.311. The Morgan fingerprint density at radius 3 is 2.92 bits per heavy atom. The maximum Gasteiger partial charge on any atom is 0.234 e. The molecule has 0 aliphatic rings. The van der Waals surface area contributed by atoms with Gasteiger partial charge in [0.05, 0.1) is 6.04 Å². The second-order valence-corrected chi connectivity index (χ2v) is 4.03. The molecule has 1 amide bonds. The van der Waals surface area contributed by atoms with Crippen molar-refractivity contribution in [2.75, 3.05) is 0 Å². The number of amides is 1. The van der Waals surface area contributed by atoms with Crippen LogP contribution in [0.5, 0.6) is 0 Å². The maximum atomic E-state index is 10.7. The summed E-state index contributed by atoms with van der Waals surface area (Å²) in [4.78, 5) is 12.0. The second kappa shape index (κ2) is 4.39. The van der Waals surface area contributed by atoms with Gasteiger partial charge in [0.25, 0.3) is 0 Å². The van der Waals surface area contributed by atoms with Crippen LogP contribution in [0.1, 0.15) is 17.4 Å². The Bertz CT molecular complexity index is 296. The summed E-state index contributed by atoms with van der Waals surface area (Å²) in [7, 11) is 0. The number of rotatable bonds is 4. The summed E-state index contributed by atoms with van der Waals surface area (Å²) in [6, 6.07) is 1.80. The number of hydrogen-bond donors (Lipinski definition) is 2. The van der Waals surface area contributed by atoms with Crippen molar-refractivity contribution in [3.05, 3.63) is 21.9 Å². The van der Waals surface area contributed by atoms with Crippen LogP contribution in [0.3, 0.4) is 0 Å². The monoisotopic (exact) mass is 198 g/mol. The molecule has 1 atom stereocenters. The molecule has 0 spiro atoms. The predicted molar refractivity (Wildman–Crippen MR) is 54.6 cm³/mol. The van der Waals surface area contributed by atoms with Gasteiger partial charge in [-0.2, -0.15) is 0 Å². The quantitative estimate of drug-likeness (QED) is 0.759. The van der Waals surface area contributed by atoms with Gasteiger partial charge in [0.1, 0.15) is 0 Å². The Balaban J connectivity index is 2.44. The number of nitrogens with two attached hydrogens (primary N) is 1. The lowest BCUT2D eigenvalue weighted by Gasteiger charge is -2.08. The summed E-state index contributed by atoms with van der Waals surface area (Å²) in [5, 5.41) is 5.10. The zero-order chi connectivity index (χ0) is 9.84. The van der Waals surface area contributed by atoms with Crippen LogP contribution >= 0.6 is 11.3 Å². The molecule has 0 aliphatic carbocycles. The van der Waals surface area contributed by atoms with Crippen molar-refractivity contribution in [2.45, 2.75) is 26.4 Å². The molecule has 0 fully saturated rings. The molecule has 3 nitrogen and oxygen atoms in total. The van der Waals surface area contributed by atoms with E-state index in [1.807, 2.05) is 5.38 Å². The van der Waals surface area contributed by atoms with Crippen LogP contribution in [0.25, 0.3) is 0 Å². The van der Waals surface area contributed by atoms with E-state index in [2.05, 4.69) is 18.3 Å². The lowest BCUT2D eigenvalue weighted by molar-refractivity contribution is -0.119. The summed E-state index contributed by atoms with van der Waals surface area (Å²) < 4.78 is 0. The van der Waals surface area contributed by atoms with Gasteiger partial charge in [0.2, 0.25) is 5.91 Å². The van der Waals surface area contributed by atoms with Crippen molar-refractivity contribution < 1.29 is 4.79 Å². The second-order valence-electron chi connectivity index (χ2n) is 3.03. The highest BCUT2D eigenvalue weighted by Crippen LogP contribution is 2.14. The third-order valence-corrected chi connectivity index (χ3v) is 2.99. The lowest BCUT2D eigenvalue weighted by Crippen LogP contribution is -2.38. The largest absolute Gasteiger partial charge is 0.368 e. The Kier molecular flexibility index (Phi) is 3.45. The molecule has 4 heteroatoms. The van der Waals surface area contributed by atoms with Crippen molar-refractivity contribution >= 4 is 17.2 Å². The number of carbonyl (C=O) groups is 1. The van der Waals surface area contributed by atoms with Gasteiger partial charge in [-0.05, 0) is 30.9 Å². The van der Waals surface area contributed by atoms with E-state index in [1.165, 1.54) is 10.4 Å². The third-order valence-electron chi connectivity index (χ3n) is 1.96. The fraction of sp³-hybridized carbons (Fsp3) is 0.444. The molecule has 1 aromatic rings. The Hall–Kier alpha value is -0.870. The van der Waals surface area contributed by atoms with E-state index in [9.17, 15) is 4.79 Å². The number of thiophene rings is 1. The van der Waals surface area contributed by atoms with Gasteiger partial charge in [-0.15, -0.1) is 11.3 Å². The molecule has 0 aromatic carbocycles. The van der Waals surface area contributed by atoms with Crippen molar-refractivity contribution in [2.24, 2.45) is 5.73 Å². The number of carbonyl (C=O) groups excluding carboxylic acids is 1. The molecule has 1 rings (SSSR count). The van der Waals surface area contributed by atoms with Crippen molar-refractivity contribution in [1.29, 1.82) is 0 Å². The van der Waals surface area contributed by atoms with Crippen molar-refractivity contribution in [1.82, 2.24) is 5.32 Å². The summed E-state index contributed by atoms with van der Waals surface area (Å²) in [5.74, 6) is -0.311. The van der Waals surface area contributed by atoms with Gasteiger partial charge in [-0.1, -0.05) is 0 Å². The Labute approximate surface area is 81.9 Å². The lowest BCUT2D eigenvalue weighted by atomic mass is 10.2. The molecular formula is C9H14N2OS. The van der Waals surface area contributed by atoms with Crippen LogP contribution in [-0.4, -0.2) is 11.9 Å². The van der Waals surface area contributed by atoms with Gasteiger partial charge in [-0.3, -0.25) is 4.79 Å². The standard InChI is InChI=1S/C9H14N2OS/c1-6-3-4-13-8(6)5-11-7(2)9(10)12/h3-4,7,11H,5H2,1-2H3,(H2,10,12). The smallest absolute Gasteiger partial charge is 0.234 e. The number of primary amides is 1. The van der Waals surface area contributed by atoms with E-state index in [1.54, 1.807) is 18.3 Å². The van der Waals surface area contributed by atoms with E-state index < -0.39 is 0 Å². The van der Waals surface area contributed by atoms with Crippen molar-refractivity contribution in [3.63, 3.8) is 0 Å². The normalized spacial score (nSPS) is 12.8.